The molecule has 2 heterocycles. The summed E-state index contributed by atoms with van der Waals surface area (Å²) in [5.74, 6) is 8.16. The molecule has 1 amide bonds. The smallest absolute Gasteiger partial charge is 0.225 e. The average molecular weight is 407 g/mol. The van der Waals surface area contributed by atoms with E-state index < -0.39 is 0 Å². The molecule has 0 spiro atoms. The molecule has 2 aliphatic heterocycles. The molecule has 4 heteroatoms. The molecule has 2 saturated heterocycles. The van der Waals surface area contributed by atoms with E-state index >= 15 is 0 Å². The van der Waals surface area contributed by atoms with Crippen molar-refractivity contribution < 1.29 is 9.90 Å². The van der Waals surface area contributed by atoms with E-state index in [0.29, 0.717) is 17.9 Å². The average Bonchev–Trinajstić information content (AvgIpc) is 3.42. The van der Waals surface area contributed by atoms with Gasteiger partial charge in [0.2, 0.25) is 5.91 Å². The first-order valence-corrected chi connectivity index (χ1v) is 12.0. The summed E-state index contributed by atoms with van der Waals surface area (Å²) in [4.78, 5) is 17.8. The van der Waals surface area contributed by atoms with Crippen LogP contribution in [0.3, 0.4) is 0 Å². The van der Waals surface area contributed by atoms with Crippen LogP contribution in [0.2, 0.25) is 0 Å². The second-order valence-electron chi connectivity index (χ2n) is 9.72. The Morgan fingerprint density at radius 1 is 1.00 bits per heavy atom. The fourth-order valence-electron chi connectivity index (χ4n) is 5.77. The Bertz CT molecular complexity index is 814. The Kier molecular flexibility index (Phi) is 5.85. The second kappa shape index (κ2) is 8.73. The highest BCUT2D eigenvalue weighted by molar-refractivity contribution is 5.79. The quantitative estimate of drug-likeness (QED) is 0.783. The zero-order valence-corrected chi connectivity index (χ0v) is 17.9. The predicted octanol–water partition coefficient (Wildman–Crippen LogP) is 3.39. The van der Waals surface area contributed by atoms with Crippen molar-refractivity contribution in [2.45, 2.75) is 69.4 Å². The first-order valence-electron chi connectivity index (χ1n) is 12.0. The largest absolute Gasteiger partial charge is 0.395 e. The van der Waals surface area contributed by atoms with E-state index in [2.05, 4.69) is 45.9 Å². The summed E-state index contributed by atoms with van der Waals surface area (Å²) >= 11 is 0. The van der Waals surface area contributed by atoms with Crippen LogP contribution in [0.4, 0.5) is 0 Å². The van der Waals surface area contributed by atoms with Crippen LogP contribution in [0.1, 0.15) is 68.4 Å². The van der Waals surface area contributed by atoms with Crippen LogP contribution in [0, 0.1) is 23.7 Å². The van der Waals surface area contributed by atoms with Crippen molar-refractivity contribution in [2.75, 3.05) is 26.2 Å². The zero-order valence-electron chi connectivity index (χ0n) is 17.9. The number of nitrogens with zero attached hydrogens (tertiary/aromatic N) is 2. The van der Waals surface area contributed by atoms with Crippen LogP contribution in [0.15, 0.2) is 24.3 Å². The number of aliphatic hydroxyl groups excluding tert-OH is 1. The minimum Gasteiger partial charge on any atom is -0.395 e. The van der Waals surface area contributed by atoms with Gasteiger partial charge in [-0.1, -0.05) is 36.8 Å². The summed E-state index contributed by atoms with van der Waals surface area (Å²) in [6.07, 6.45) is 9.20. The van der Waals surface area contributed by atoms with Gasteiger partial charge in [-0.15, -0.1) is 0 Å². The van der Waals surface area contributed by atoms with Gasteiger partial charge in [0.15, 0.2) is 0 Å². The molecule has 5 rings (SSSR count). The van der Waals surface area contributed by atoms with Gasteiger partial charge in [-0.25, -0.2) is 0 Å². The molecule has 4 nitrogen and oxygen atoms in total. The molecule has 1 N–H and O–H groups in total. The number of aliphatic hydroxyl groups is 1. The topological polar surface area (TPSA) is 43.8 Å². The molecule has 3 atom stereocenters. The Hall–Kier alpha value is -1.83. The van der Waals surface area contributed by atoms with Gasteiger partial charge in [-0.2, -0.15) is 0 Å². The Morgan fingerprint density at radius 2 is 1.73 bits per heavy atom. The number of rotatable bonds is 3. The third-order valence-corrected chi connectivity index (χ3v) is 7.68. The highest BCUT2D eigenvalue weighted by atomic mass is 16.3. The van der Waals surface area contributed by atoms with Gasteiger partial charge < -0.3 is 10.0 Å². The fourth-order valence-corrected chi connectivity index (χ4v) is 5.77. The normalized spacial score (nSPS) is 29.9. The van der Waals surface area contributed by atoms with Crippen LogP contribution >= 0.6 is 0 Å². The van der Waals surface area contributed by atoms with Crippen molar-refractivity contribution in [3.63, 3.8) is 0 Å². The van der Waals surface area contributed by atoms with Gasteiger partial charge in [0.05, 0.1) is 6.61 Å². The molecule has 0 radical (unpaired) electrons. The van der Waals surface area contributed by atoms with E-state index in [4.69, 9.17) is 0 Å². The number of hydrogen-bond donors (Lipinski definition) is 1. The first-order chi connectivity index (χ1) is 14.7. The summed E-state index contributed by atoms with van der Waals surface area (Å²) in [5, 5.41) is 10.1. The van der Waals surface area contributed by atoms with Gasteiger partial charge in [-0.3, -0.25) is 9.69 Å². The molecular weight excluding hydrogens is 372 g/mol. The molecule has 4 fully saturated rings. The van der Waals surface area contributed by atoms with Gasteiger partial charge in [-0.05, 0) is 62.8 Å². The molecule has 0 bridgehead atoms. The number of hydrogen-bond acceptors (Lipinski definition) is 3. The molecular formula is C26H34N2O2. The Morgan fingerprint density at radius 3 is 2.43 bits per heavy atom. The van der Waals surface area contributed by atoms with E-state index in [1.165, 1.54) is 31.2 Å². The van der Waals surface area contributed by atoms with Crippen LogP contribution in [-0.2, 0) is 4.79 Å². The van der Waals surface area contributed by atoms with E-state index in [1.54, 1.807) is 0 Å². The van der Waals surface area contributed by atoms with E-state index in [-0.39, 0.29) is 24.5 Å². The van der Waals surface area contributed by atoms with E-state index in [9.17, 15) is 9.90 Å². The maximum absolute atomic E-state index is 13.2. The molecule has 1 aromatic carbocycles. The minimum atomic E-state index is 0.167. The third-order valence-electron chi connectivity index (χ3n) is 7.68. The highest BCUT2D eigenvalue weighted by Gasteiger charge is 2.49. The number of carbonyl (C=O) groups is 1. The van der Waals surface area contributed by atoms with E-state index in [0.717, 1.165) is 50.9 Å². The monoisotopic (exact) mass is 406 g/mol. The standard InChI is InChI=1S/C26H34N2O2/c29-18-24-25(21-13-11-20(12-14-21)10-9-19-7-8-19)23-17-27(15-3-4-16-28(23)24)26(30)22-5-1-2-6-22/h11-14,19,22-25,29H,1-8,15-18H2/t23-,24+,25-/m1/s1. The predicted molar refractivity (Wildman–Crippen MR) is 118 cm³/mol. The molecule has 30 heavy (non-hydrogen) atoms. The lowest BCUT2D eigenvalue weighted by Gasteiger charge is -2.57. The fraction of sp³-hybridized carbons (Fsp3) is 0.654. The Balaban J connectivity index is 1.33. The lowest BCUT2D eigenvalue weighted by molar-refractivity contribution is -0.140. The van der Waals surface area contributed by atoms with E-state index in [1.807, 2.05) is 0 Å². The van der Waals surface area contributed by atoms with Crippen LogP contribution in [-0.4, -0.2) is 59.1 Å². The molecule has 1 aromatic rings. The molecule has 2 saturated carbocycles. The minimum absolute atomic E-state index is 0.167. The molecule has 0 unspecified atom stereocenters. The summed E-state index contributed by atoms with van der Waals surface area (Å²) < 4.78 is 0. The maximum atomic E-state index is 13.2. The summed E-state index contributed by atoms with van der Waals surface area (Å²) in [7, 11) is 0. The SMILES string of the molecule is O=C(C1CCCC1)N1CCCCN2[C@H](C1)[C@@H](c1ccc(C#CC3CC3)cc1)[C@@H]2CO. The maximum Gasteiger partial charge on any atom is 0.225 e. The van der Waals surface area contributed by atoms with Crippen LogP contribution in [0.25, 0.3) is 0 Å². The lowest BCUT2D eigenvalue weighted by Crippen LogP contribution is -2.68. The first kappa shape index (κ1) is 20.1. The zero-order chi connectivity index (χ0) is 20.5. The van der Waals surface area contributed by atoms with Crippen molar-refractivity contribution in [3.8, 4) is 11.8 Å². The second-order valence-corrected chi connectivity index (χ2v) is 9.72. The summed E-state index contributed by atoms with van der Waals surface area (Å²) in [5.41, 5.74) is 2.36. The Labute approximate surface area is 180 Å². The van der Waals surface area contributed by atoms with Crippen LogP contribution in [0.5, 0.6) is 0 Å². The molecule has 2 aliphatic carbocycles. The van der Waals surface area contributed by atoms with Gasteiger partial charge >= 0.3 is 0 Å². The number of benzene rings is 1. The lowest BCUT2D eigenvalue weighted by atomic mass is 9.74. The molecule has 4 aliphatic rings. The summed E-state index contributed by atoms with van der Waals surface area (Å²) in [6, 6.07) is 9.14. The van der Waals surface area contributed by atoms with Crippen molar-refractivity contribution in [2.24, 2.45) is 11.8 Å². The third kappa shape index (κ3) is 4.03. The van der Waals surface area contributed by atoms with Crippen LogP contribution < -0.4 is 0 Å². The molecule has 0 aromatic heterocycles. The number of fused-ring (bicyclic) bond motifs is 1. The number of amides is 1. The molecule has 160 valence electrons. The van der Waals surface area contributed by atoms with Crippen molar-refractivity contribution in [1.82, 2.24) is 9.80 Å². The highest BCUT2D eigenvalue weighted by Crippen LogP contribution is 2.42. The van der Waals surface area contributed by atoms with Gasteiger partial charge in [0.1, 0.15) is 0 Å². The van der Waals surface area contributed by atoms with Crippen molar-refractivity contribution in [3.05, 3.63) is 35.4 Å². The number of carbonyl (C=O) groups excluding carboxylic acids is 1. The van der Waals surface area contributed by atoms with Crippen molar-refractivity contribution in [1.29, 1.82) is 0 Å². The summed E-state index contributed by atoms with van der Waals surface area (Å²) in [6.45, 7) is 2.91. The van der Waals surface area contributed by atoms with Gasteiger partial charge in [0, 0.05) is 48.5 Å². The van der Waals surface area contributed by atoms with Crippen molar-refractivity contribution >= 4 is 5.91 Å². The van der Waals surface area contributed by atoms with Gasteiger partial charge in [0.25, 0.3) is 0 Å².